The van der Waals surface area contributed by atoms with E-state index < -0.39 is 5.97 Å². The van der Waals surface area contributed by atoms with Gasteiger partial charge in [-0.15, -0.1) is 0 Å². The van der Waals surface area contributed by atoms with Gasteiger partial charge in [-0.2, -0.15) is 0 Å². The Morgan fingerprint density at radius 2 is 1.31 bits per heavy atom. The number of halogens is 4. The maximum Gasteiger partial charge on any atom is 0.337 e. The first kappa shape index (κ1) is 43.2. The Balaban J connectivity index is 1.13. The molecule has 3 aliphatic rings. The summed E-state index contributed by atoms with van der Waals surface area (Å²) in [4.78, 5) is 59.9. The second-order valence-corrected chi connectivity index (χ2v) is 17.5. The second-order valence-electron chi connectivity index (χ2n) is 15.8. The third-order valence-electron chi connectivity index (χ3n) is 11.4. The smallest absolute Gasteiger partial charge is 0.337 e. The molecule has 0 saturated carbocycles. The van der Waals surface area contributed by atoms with Crippen molar-refractivity contribution >= 4 is 98.6 Å². The van der Waals surface area contributed by atoms with Gasteiger partial charge in [-0.25, -0.2) is 14.8 Å². The molecule has 0 bridgehead atoms. The van der Waals surface area contributed by atoms with Crippen LogP contribution >= 0.6 is 46.4 Å². The SMILES string of the molecule is CC(=O)N(c1ccc(C(=O)O)c(N2CCN(C(=O)c3cnc4c(c3)N(Cc3cc(Cl)ccc3Cl)CCN4)CC2)c1-c1cnc2c(c1)N(Cc1cc(Cl)ccc1Cl)CCN2)C(C)C. The number of amides is 2. The highest BCUT2D eigenvalue weighted by Crippen LogP contribution is 2.45. The average Bonchev–Trinajstić information content (AvgIpc) is 3.25. The molecule has 2 amide bonds. The number of benzene rings is 3. The van der Waals surface area contributed by atoms with E-state index in [1.54, 1.807) is 58.6 Å². The van der Waals surface area contributed by atoms with Gasteiger partial charge in [-0.3, -0.25) is 9.59 Å². The van der Waals surface area contributed by atoms with Crippen LogP contribution in [0, 0.1) is 0 Å². The van der Waals surface area contributed by atoms with Gasteiger partial charge in [0, 0.05) is 122 Å². The number of carboxylic acids is 1. The lowest BCUT2D eigenvalue weighted by Gasteiger charge is -2.39. The fourth-order valence-corrected chi connectivity index (χ4v) is 9.28. The summed E-state index contributed by atoms with van der Waals surface area (Å²) < 4.78 is 0. The third-order valence-corrected chi connectivity index (χ3v) is 12.6. The molecule has 0 spiro atoms. The number of hydrogen-bond acceptors (Lipinski definition) is 10. The summed E-state index contributed by atoms with van der Waals surface area (Å²) in [5, 5.41) is 19.8. The van der Waals surface area contributed by atoms with E-state index in [0.717, 1.165) is 22.5 Å². The quantitative estimate of drug-likeness (QED) is 0.124. The highest BCUT2D eigenvalue weighted by atomic mass is 35.5. The van der Waals surface area contributed by atoms with E-state index in [2.05, 4.69) is 25.4 Å². The number of piperazine rings is 1. The lowest BCUT2D eigenvalue weighted by Crippen LogP contribution is -2.49. The normalized spacial score (nSPS) is 14.8. The Morgan fingerprint density at radius 1 is 0.742 bits per heavy atom. The summed E-state index contributed by atoms with van der Waals surface area (Å²) in [6, 6.07) is 17.6. The molecule has 5 heterocycles. The number of nitrogens with zero attached hydrogens (tertiary/aromatic N) is 7. The number of fused-ring (bicyclic) bond motifs is 2. The highest BCUT2D eigenvalue weighted by molar-refractivity contribution is 6.34. The molecule has 1 fully saturated rings. The predicted molar refractivity (Wildman–Crippen MR) is 249 cm³/mol. The number of aromatic nitrogens is 2. The van der Waals surface area contributed by atoms with E-state index in [-0.39, 0.29) is 23.4 Å². The molecular weight excluding hydrogens is 872 g/mol. The number of anilines is 6. The highest BCUT2D eigenvalue weighted by Gasteiger charge is 2.33. The summed E-state index contributed by atoms with van der Waals surface area (Å²) >= 11 is 25.8. The van der Waals surface area contributed by atoms with Gasteiger partial charge in [0.25, 0.3) is 5.91 Å². The first-order chi connectivity index (χ1) is 29.8. The van der Waals surface area contributed by atoms with Crippen LogP contribution < -0.4 is 30.2 Å². The number of aromatic carboxylic acids is 1. The largest absolute Gasteiger partial charge is 0.478 e. The third kappa shape index (κ3) is 8.76. The molecular formula is C45H45Cl4N9O4. The Labute approximate surface area is 380 Å². The molecule has 1 saturated heterocycles. The number of hydrogen-bond donors (Lipinski definition) is 3. The van der Waals surface area contributed by atoms with Crippen LogP contribution in [-0.4, -0.2) is 96.2 Å². The Bertz CT molecular complexity index is 2570. The molecule has 0 atom stereocenters. The lowest BCUT2D eigenvalue weighted by atomic mass is 9.95. The van der Waals surface area contributed by atoms with Crippen molar-refractivity contribution in [1.82, 2.24) is 14.9 Å². The van der Waals surface area contributed by atoms with Crippen molar-refractivity contribution in [3.63, 3.8) is 0 Å². The molecule has 3 N–H and O–H groups in total. The molecule has 322 valence electrons. The van der Waals surface area contributed by atoms with Crippen LogP contribution in [0.1, 0.15) is 52.6 Å². The van der Waals surface area contributed by atoms with E-state index in [0.29, 0.717) is 125 Å². The van der Waals surface area contributed by atoms with Gasteiger partial charge in [0.2, 0.25) is 5.91 Å². The van der Waals surface area contributed by atoms with Gasteiger partial charge in [-0.1, -0.05) is 46.4 Å². The monoisotopic (exact) mass is 915 g/mol. The number of nitrogens with one attached hydrogen (secondary N) is 2. The summed E-state index contributed by atoms with van der Waals surface area (Å²) in [5.41, 5.74) is 5.98. The summed E-state index contributed by atoms with van der Waals surface area (Å²) in [6.07, 6.45) is 3.31. The molecule has 3 aliphatic heterocycles. The average molecular weight is 918 g/mol. The van der Waals surface area contributed by atoms with E-state index in [9.17, 15) is 19.5 Å². The minimum Gasteiger partial charge on any atom is -0.478 e. The molecule has 17 heteroatoms. The minimum atomic E-state index is -1.12. The van der Waals surface area contributed by atoms with Crippen LogP contribution in [-0.2, 0) is 17.9 Å². The molecule has 2 aromatic heterocycles. The number of pyridine rings is 2. The predicted octanol–water partition coefficient (Wildman–Crippen LogP) is 9.04. The molecule has 0 unspecified atom stereocenters. The van der Waals surface area contributed by atoms with Crippen LogP contribution in [0.15, 0.2) is 73.1 Å². The lowest BCUT2D eigenvalue weighted by molar-refractivity contribution is -0.116. The van der Waals surface area contributed by atoms with Gasteiger partial charge >= 0.3 is 5.97 Å². The number of rotatable bonds is 10. The van der Waals surface area contributed by atoms with Crippen LogP contribution in [0.4, 0.5) is 34.4 Å². The van der Waals surface area contributed by atoms with Crippen LogP contribution in [0.3, 0.4) is 0 Å². The number of carbonyl (C=O) groups is 3. The van der Waals surface area contributed by atoms with Crippen molar-refractivity contribution < 1.29 is 19.5 Å². The minimum absolute atomic E-state index is 0.0699. The molecule has 5 aromatic rings. The fourth-order valence-electron chi connectivity index (χ4n) is 8.54. The summed E-state index contributed by atoms with van der Waals surface area (Å²) in [6.45, 7) is 10.2. The Hall–Kier alpha value is -5.47. The van der Waals surface area contributed by atoms with E-state index in [4.69, 9.17) is 51.4 Å². The number of carbonyl (C=O) groups excluding carboxylic acids is 2. The van der Waals surface area contributed by atoms with Gasteiger partial charge in [0.15, 0.2) is 0 Å². The maximum atomic E-state index is 14.2. The summed E-state index contributed by atoms with van der Waals surface area (Å²) in [7, 11) is 0. The molecule has 8 rings (SSSR count). The van der Waals surface area contributed by atoms with Crippen LogP contribution in [0.5, 0.6) is 0 Å². The van der Waals surface area contributed by atoms with Gasteiger partial charge in [0.1, 0.15) is 11.6 Å². The molecule has 0 radical (unpaired) electrons. The molecule has 13 nitrogen and oxygen atoms in total. The van der Waals surface area contributed by atoms with E-state index in [1.165, 1.54) is 6.92 Å². The Morgan fingerprint density at radius 3 is 1.85 bits per heavy atom. The van der Waals surface area contributed by atoms with Gasteiger partial charge < -0.3 is 40.2 Å². The second kappa shape index (κ2) is 18.1. The standard InChI is InChI=1S/C45H45Cl4N9O4/c1-26(2)58(27(3)59)37-9-6-34(45(61)62)41(40(37)28-20-38-42(52-22-28)50-10-12-56(38)24-30-18-32(46)4-7-35(30)48)54-14-16-55(17-15-54)44(60)29-21-39-43(53-23-29)51-11-13-57(39)25-31-19-33(47)5-8-36(31)49/h4-9,18-23,26H,10-17,24-25H2,1-3H3,(H,50,52)(H,51,53)(H,61,62). The van der Waals surface area contributed by atoms with E-state index >= 15 is 0 Å². The van der Waals surface area contributed by atoms with Crippen molar-refractivity contribution in [3.05, 3.63) is 115 Å². The van der Waals surface area contributed by atoms with Crippen LogP contribution in [0.25, 0.3) is 11.1 Å². The molecule has 62 heavy (non-hydrogen) atoms. The zero-order valence-corrected chi connectivity index (χ0v) is 37.4. The maximum absolute atomic E-state index is 14.2. The van der Waals surface area contributed by atoms with Crippen molar-refractivity contribution in [2.24, 2.45) is 0 Å². The first-order valence-electron chi connectivity index (χ1n) is 20.4. The van der Waals surface area contributed by atoms with Crippen molar-refractivity contribution in [3.8, 4) is 11.1 Å². The molecule has 3 aromatic carbocycles. The van der Waals surface area contributed by atoms with Crippen molar-refractivity contribution in [2.75, 3.05) is 82.6 Å². The summed E-state index contributed by atoms with van der Waals surface area (Å²) in [5.74, 6) is -0.161. The van der Waals surface area contributed by atoms with E-state index in [1.807, 2.05) is 43.0 Å². The Kier molecular flexibility index (Phi) is 12.6. The first-order valence-corrected chi connectivity index (χ1v) is 21.9. The fraction of sp³-hybridized carbons (Fsp3) is 0.311. The van der Waals surface area contributed by atoms with Gasteiger partial charge in [0.05, 0.1) is 33.9 Å². The van der Waals surface area contributed by atoms with Crippen molar-refractivity contribution in [2.45, 2.75) is 39.9 Å². The zero-order chi connectivity index (χ0) is 43.8. The number of carboxylic acid groups (broad SMARTS) is 1. The molecule has 0 aliphatic carbocycles. The van der Waals surface area contributed by atoms with Gasteiger partial charge in [-0.05, 0) is 85.6 Å². The van der Waals surface area contributed by atoms with Crippen molar-refractivity contribution in [1.29, 1.82) is 0 Å². The van der Waals surface area contributed by atoms with Crippen LogP contribution in [0.2, 0.25) is 20.1 Å². The topological polar surface area (TPSA) is 137 Å². The zero-order valence-electron chi connectivity index (χ0n) is 34.4.